The van der Waals surface area contributed by atoms with E-state index in [1.807, 2.05) is 54.6 Å². The van der Waals surface area contributed by atoms with Crippen molar-refractivity contribution in [3.63, 3.8) is 0 Å². The van der Waals surface area contributed by atoms with Gasteiger partial charge in [0.25, 0.3) is 0 Å². The second-order valence-corrected chi connectivity index (χ2v) is 8.94. The van der Waals surface area contributed by atoms with Gasteiger partial charge >= 0.3 is 33.3 Å². The minimum absolute atomic E-state index is 0.194. The Balaban J connectivity index is 0.000000821. The first-order valence-electron chi connectivity index (χ1n) is 10.1. The molecule has 0 saturated heterocycles. The van der Waals surface area contributed by atoms with Gasteiger partial charge in [0.15, 0.2) is 0 Å². The van der Waals surface area contributed by atoms with E-state index in [-0.39, 0.29) is 13.1 Å². The van der Waals surface area contributed by atoms with Gasteiger partial charge in [0.2, 0.25) is 0 Å². The molecule has 5 aromatic rings. The van der Waals surface area contributed by atoms with Crippen molar-refractivity contribution in [3.8, 4) is 0 Å². The fraction of sp³-hybridized carbons (Fsp3) is 0. The predicted molar refractivity (Wildman–Crippen MR) is 138 cm³/mol. The standard InChI is InChI=1S/C27H19N3.2ClH.Fe/c1-3-8-22-16-24(14-12-20(22)6-1)28-18-26-10-5-11-27(30-26)19-29-25-15-13-21-7-2-4-9-23(21)17-25;;;/h1-19H;2*1H;/q;;;+2/p-2. The molecule has 6 heteroatoms. The zero-order valence-electron chi connectivity index (χ0n) is 17.4. The van der Waals surface area contributed by atoms with Crippen LogP contribution in [0.1, 0.15) is 11.4 Å². The van der Waals surface area contributed by atoms with Crippen LogP contribution in [-0.2, 0) is 13.1 Å². The van der Waals surface area contributed by atoms with E-state index in [1.54, 1.807) is 12.4 Å². The van der Waals surface area contributed by atoms with Crippen molar-refractivity contribution in [2.24, 2.45) is 9.98 Å². The normalized spacial score (nSPS) is 11.3. The van der Waals surface area contributed by atoms with Crippen molar-refractivity contribution < 1.29 is 13.1 Å². The number of aliphatic imine (C=N–C) groups is 2. The molecule has 0 aliphatic heterocycles. The Morgan fingerprint density at radius 1 is 0.545 bits per heavy atom. The number of hydrogen-bond acceptors (Lipinski definition) is 3. The molecule has 164 valence electrons. The zero-order valence-corrected chi connectivity index (χ0v) is 20.0. The third kappa shape index (κ3) is 6.50. The van der Waals surface area contributed by atoms with Gasteiger partial charge in [0, 0.05) is 0 Å². The molecule has 4 aromatic carbocycles. The summed E-state index contributed by atoms with van der Waals surface area (Å²) in [6, 6.07) is 34.8. The monoisotopic (exact) mass is 511 g/mol. The minimum atomic E-state index is 0.194. The van der Waals surface area contributed by atoms with Gasteiger partial charge in [-0.2, -0.15) is 0 Å². The first kappa shape index (κ1) is 23.2. The molecular formula is C27H19Cl2FeN3. The number of aromatic nitrogens is 1. The van der Waals surface area contributed by atoms with Crippen LogP contribution in [-0.4, -0.2) is 17.4 Å². The Morgan fingerprint density at radius 3 is 1.42 bits per heavy atom. The van der Waals surface area contributed by atoms with Crippen molar-refractivity contribution in [1.29, 1.82) is 0 Å². The molecular weight excluding hydrogens is 493 g/mol. The summed E-state index contributed by atoms with van der Waals surface area (Å²) in [6.45, 7) is 0. The van der Waals surface area contributed by atoms with Crippen LogP contribution in [0, 0.1) is 0 Å². The molecule has 0 amide bonds. The number of pyridine rings is 1. The molecule has 0 unspecified atom stereocenters. The summed E-state index contributed by atoms with van der Waals surface area (Å²) in [5.41, 5.74) is 3.41. The number of benzene rings is 4. The van der Waals surface area contributed by atoms with E-state index < -0.39 is 0 Å². The second kappa shape index (κ2) is 11.7. The number of fused-ring (bicyclic) bond motifs is 2. The first-order valence-corrected chi connectivity index (χ1v) is 13.2. The fourth-order valence-corrected chi connectivity index (χ4v) is 3.41. The summed E-state index contributed by atoms with van der Waals surface area (Å²) >= 11 is 0.194. The van der Waals surface area contributed by atoms with Gasteiger partial charge < -0.3 is 0 Å². The average Bonchev–Trinajstić information content (AvgIpc) is 2.87. The number of nitrogens with zero attached hydrogens (tertiary/aromatic N) is 3. The summed E-state index contributed by atoms with van der Waals surface area (Å²) in [7, 11) is 9.53. The summed E-state index contributed by atoms with van der Waals surface area (Å²) < 4.78 is 0. The van der Waals surface area contributed by atoms with Crippen LogP contribution in [0.2, 0.25) is 0 Å². The van der Waals surface area contributed by atoms with Crippen molar-refractivity contribution in [2.75, 3.05) is 0 Å². The average molecular weight is 512 g/mol. The molecule has 0 fully saturated rings. The molecule has 0 atom stereocenters. The van der Waals surface area contributed by atoms with Crippen LogP contribution >= 0.6 is 20.2 Å². The van der Waals surface area contributed by atoms with Crippen LogP contribution in [0.3, 0.4) is 0 Å². The van der Waals surface area contributed by atoms with E-state index >= 15 is 0 Å². The van der Waals surface area contributed by atoms with Gasteiger partial charge in [-0.25, -0.2) is 4.98 Å². The molecule has 0 radical (unpaired) electrons. The van der Waals surface area contributed by atoms with Gasteiger partial charge in [-0.3, -0.25) is 9.98 Å². The molecule has 0 N–H and O–H groups in total. The molecule has 0 aliphatic rings. The van der Waals surface area contributed by atoms with Gasteiger partial charge in [-0.05, 0) is 57.9 Å². The van der Waals surface area contributed by atoms with E-state index in [0.717, 1.165) is 22.8 Å². The fourth-order valence-electron chi connectivity index (χ4n) is 3.41. The predicted octanol–water partition coefficient (Wildman–Crippen LogP) is 8.27. The zero-order chi connectivity index (χ0) is 22.9. The maximum absolute atomic E-state index is 4.76. The van der Waals surface area contributed by atoms with Crippen molar-refractivity contribution in [3.05, 3.63) is 115 Å². The van der Waals surface area contributed by atoms with Crippen LogP contribution in [0.25, 0.3) is 21.5 Å². The van der Waals surface area contributed by atoms with E-state index in [2.05, 4.69) is 63.5 Å². The Labute approximate surface area is 207 Å². The van der Waals surface area contributed by atoms with E-state index in [1.165, 1.54) is 21.5 Å². The van der Waals surface area contributed by atoms with E-state index in [9.17, 15) is 0 Å². The molecule has 1 heterocycles. The van der Waals surface area contributed by atoms with Crippen LogP contribution < -0.4 is 0 Å². The van der Waals surface area contributed by atoms with Gasteiger partial charge in [-0.15, -0.1) is 0 Å². The third-order valence-corrected chi connectivity index (χ3v) is 4.95. The molecule has 0 spiro atoms. The molecule has 0 saturated carbocycles. The molecule has 5 rings (SSSR count). The van der Waals surface area contributed by atoms with Crippen LogP contribution in [0.5, 0.6) is 0 Å². The van der Waals surface area contributed by atoms with Crippen molar-refractivity contribution >= 4 is 65.5 Å². The van der Waals surface area contributed by atoms with Crippen LogP contribution in [0.4, 0.5) is 11.4 Å². The molecule has 0 bridgehead atoms. The quantitative estimate of drug-likeness (QED) is 0.177. The molecule has 3 nitrogen and oxygen atoms in total. The SMILES string of the molecule is C(=Nc1ccc2ccccc2c1)c1cccc(C=Nc2ccc3ccccc3c2)n1.[Cl][Fe][Cl]. The first-order chi connectivity index (χ1) is 16.2. The Hall–Kier alpha value is -3.01. The second-order valence-electron chi connectivity index (χ2n) is 7.12. The summed E-state index contributed by atoms with van der Waals surface area (Å²) in [5.74, 6) is 0. The Kier molecular flexibility index (Phi) is 8.24. The Morgan fingerprint density at radius 2 is 0.970 bits per heavy atom. The van der Waals surface area contributed by atoms with E-state index in [0.29, 0.717) is 0 Å². The number of halogens is 2. The number of hydrogen-bond donors (Lipinski definition) is 0. The van der Waals surface area contributed by atoms with Gasteiger partial charge in [0.05, 0.1) is 35.2 Å². The van der Waals surface area contributed by atoms with Crippen molar-refractivity contribution in [1.82, 2.24) is 4.98 Å². The van der Waals surface area contributed by atoms with Crippen LogP contribution in [0.15, 0.2) is 113 Å². The van der Waals surface area contributed by atoms with Gasteiger partial charge in [-0.1, -0.05) is 66.7 Å². The summed E-state index contributed by atoms with van der Waals surface area (Å²) in [6.07, 6.45) is 3.58. The molecule has 1 aromatic heterocycles. The third-order valence-electron chi connectivity index (χ3n) is 4.95. The number of rotatable bonds is 4. The van der Waals surface area contributed by atoms with Crippen molar-refractivity contribution in [2.45, 2.75) is 0 Å². The molecule has 33 heavy (non-hydrogen) atoms. The maximum atomic E-state index is 4.76. The Bertz CT molecular complexity index is 1330. The van der Waals surface area contributed by atoms with E-state index in [4.69, 9.17) is 20.2 Å². The molecule has 0 aliphatic carbocycles. The summed E-state index contributed by atoms with van der Waals surface area (Å²) in [5, 5.41) is 4.77. The topological polar surface area (TPSA) is 37.6 Å². The summed E-state index contributed by atoms with van der Waals surface area (Å²) in [4.78, 5) is 13.8. The van der Waals surface area contributed by atoms with Gasteiger partial charge in [0.1, 0.15) is 0 Å².